The number of hydrogen-bond acceptors (Lipinski definition) is 6. The van der Waals surface area contributed by atoms with Crippen molar-refractivity contribution in [2.75, 3.05) is 5.43 Å². The Bertz CT molecular complexity index is 1690. The Morgan fingerprint density at radius 3 is 2.40 bits per heavy atom. The van der Waals surface area contributed by atoms with Gasteiger partial charge < -0.3 is 5.11 Å². The number of imide groups is 2. The lowest BCUT2D eigenvalue weighted by molar-refractivity contribution is -0.138. The minimum atomic E-state index is -1.48. The first kappa shape index (κ1) is 26.4. The molecule has 2 aliphatic heterocycles. The van der Waals surface area contributed by atoms with E-state index in [4.69, 9.17) is 11.6 Å². The van der Waals surface area contributed by atoms with Gasteiger partial charge in [-0.3, -0.25) is 29.9 Å². The Labute approximate surface area is 245 Å². The predicted octanol–water partition coefficient (Wildman–Crippen LogP) is 4.46. The monoisotopic (exact) mass is 585 g/mol. The van der Waals surface area contributed by atoms with Crippen LogP contribution in [0.4, 0.5) is 10.1 Å². The molecule has 0 aromatic heterocycles. The number of rotatable bonds is 4. The fourth-order valence-electron chi connectivity index (χ4n) is 7.65. The molecule has 10 heteroatoms. The molecule has 1 saturated carbocycles. The molecule has 3 N–H and O–H groups in total. The standard InChI is InChI=1S/C32H25ClFN3O5/c33-18-6-4-17(5-7-18)32-25(30(41)37(31(32)42)36-20-10-8-19(34)9-11-20)15-24-22(27(32)16-2-1-3-21(38)14-16)12-13-23-26(24)29(40)35-28(23)39/h1-12,14,23-27,36,38H,13,15H2,(H,35,39,40). The fraction of sp³-hybridized carbons (Fsp3) is 0.250. The highest BCUT2D eigenvalue weighted by Gasteiger charge is 2.70. The lowest BCUT2D eigenvalue weighted by Gasteiger charge is -2.50. The fourth-order valence-corrected chi connectivity index (χ4v) is 7.77. The van der Waals surface area contributed by atoms with Crippen molar-refractivity contribution >= 4 is 40.9 Å². The van der Waals surface area contributed by atoms with Crippen molar-refractivity contribution in [3.8, 4) is 5.75 Å². The second-order valence-corrected chi connectivity index (χ2v) is 11.8. The van der Waals surface area contributed by atoms with Crippen LogP contribution in [0.2, 0.25) is 5.02 Å². The molecule has 3 fully saturated rings. The number of anilines is 1. The molecule has 2 saturated heterocycles. The number of halogens is 2. The molecule has 212 valence electrons. The summed E-state index contributed by atoms with van der Waals surface area (Å²) in [5, 5.41) is 14.4. The summed E-state index contributed by atoms with van der Waals surface area (Å²) in [5.41, 5.74) is 3.70. The number of phenols is 1. The molecular weight excluding hydrogens is 561 g/mol. The minimum absolute atomic E-state index is 0.0152. The first-order chi connectivity index (χ1) is 20.2. The first-order valence-electron chi connectivity index (χ1n) is 13.7. The largest absolute Gasteiger partial charge is 0.508 e. The summed E-state index contributed by atoms with van der Waals surface area (Å²) in [4.78, 5) is 54.9. The summed E-state index contributed by atoms with van der Waals surface area (Å²) in [6.07, 6.45) is 2.39. The van der Waals surface area contributed by atoms with Crippen molar-refractivity contribution in [1.82, 2.24) is 10.3 Å². The van der Waals surface area contributed by atoms with Gasteiger partial charge in [-0.2, -0.15) is 5.01 Å². The van der Waals surface area contributed by atoms with Gasteiger partial charge in [0.05, 0.1) is 28.9 Å². The van der Waals surface area contributed by atoms with E-state index in [1.807, 2.05) is 6.08 Å². The van der Waals surface area contributed by atoms with Crippen LogP contribution < -0.4 is 10.7 Å². The first-order valence-corrected chi connectivity index (χ1v) is 14.1. The van der Waals surface area contributed by atoms with Crippen LogP contribution in [0.3, 0.4) is 0 Å². The number of carbonyl (C=O) groups excluding carboxylic acids is 4. The molecule has 0 spiro atoms. The van der Waals surface area contributed by atoms with E-state index < -0.39 is 52.6 Å². The van der Waals surface area contributed by atoms with Crippen molar-refractivity contribution in [2.24, 2.45) is 23.7 Å². The van der Waals surface area contributed by atoms with Crippen molar-refractivity contribution in [1.29, 1.82) is 0 Å². The number of nitrogens with zero attached hydrogens (tertiary/aromatic N) is 1. The maximum Gasteiger partial charge on any atom is 0.260 e. The van der Waals surface area contributed by atoms with Gasteiger partial charge in [0.2, 0.25) is 11.8 Å². The van der Waals surface area contributed by atoms with Gasteiger partial charge in [0, 0.05) is 10.9 Å². The number of hydrogen-bond donors (Lipinski definition) is 3. The summed E-state index contributed by atoms with van der Waals surface area (Å²) in [5.74, 6) is -5.64. The maximum atomic E-state index is 14.8. The smallest absolute Gasteiger partial charge is 0.260 e. The highest BCUT2D eigenvalue weighted by Crippen LogP contribution is 2.63. The van der Waals surface area contributed by atoms with E-state index >= 15 is 0 Å². The Hall–Kier alpha value is -4.50. The second-order valence-electron chi connectivity index (χ2n) is 11.3. The van der Waals surface area contributed by atoms with E-state index in [1.54, 1.807) is 42.5 Å². The average molecular weight is 586 g/mol. The zero-order valence-corrected chi connectivity index (χ0v) is 22.8. The van der Waals surface area contributed by atoms with Crippen LogP contribution in [0.25, 0.3) is 0 Å². The Morgan fingerprint density at radius 2 is 1.69 bits per heavy atom. The summed E-state index contributed by atoms with van der Waals surface area (Å²) >= 11 is 6.25. The Morgan fingerprint density at radius 1 is 0.952 bits per heavy atom. The molecule has 2 aliphatic carbocycles. The number of nitrogens with one attached hydrogen (secondary N) is 2. The number of benzene rings is 3. The molecule has 0 bridgehead atoms. The van der Waals surface area contributed by atoms with E-state index in [1.165, 1.54) is 30.3 Å². The second kappa shape index (κ2) is 9.52. The molecule has 7 rings (SSSR count). The molecular formula is C32H25ClFN3O5. The number of allylic oxidation sites excluding steroid dienone is 2. The van der Waals surface area contributed by atoms with Crippen molar-refractivity contribution in [2.45, 2.75) is 24.2 Å². The van der Waals surface area contributed by atoms with E-state index in [0.29, 0.717) is 28.3 Å². The van der Waals surface area contributed by atoms with Crippen LogP contribution in [-0.2, 0) is 24.6 Å². The maximum absolute atomic E-state index is 14.8. The number of carbonyl (C=O) groups is 4. The molecule has 4 aliphatic rings. The molecule has 3 aromatic rings. The van der Waals surface area contributed by atoms with E-state index in [9.17, 15) is 28.7 Å². The number of fused-ring (bicyclic) bond motifs is 4. The summed E-state index contributed by atoms with van der Waals surface area (Å²) in [6.45, 7) is 0. The highest BCUT2D eigenvalue weighted by molar-refractivity contribution is 6.30. The topological polar surface area (TPSA) is 116 Å². The normalized spacial score (nSPS) is 29.9. The van der Waals surface area contributed by atoms with Gasteiger partial charge in [0.25, 0.3) is 11.8 Å². The molecule has 2 heterocycles. The quantitative estimate of drug-likeness (QED) is 0.308. The third-order valence-corrected chi connectivity index (χ3v) is 9.55. The van der Waals surface area contributed by atoms with Gasteiger partial charge in [-0.15, -0.1) is 0 Å². The number of hydrazine groups is 1. The minimum Gasteiger partial charge on any atom is -0.508 e. The molecule has 3 aromatic carbocycles. The van der Waals surface area contributed by atoms with E-state index in [0.717, 1.165) is 10.6 Å². The van der Waals surface area contributed by atoms with E-state index in [2.05, 4.69) is 10.7 Å². The third kappa shape index (κ3) is 3.73. The lowest BCUT2D eigenvalue weighted by atomic mass is 9.49. The van der Waals surface area contributed by atoms with Crippen molar-refractivity contribution in [3.63, 3.8) is 0 Å². The number of phenolic OH excluding ortho intramolecular Hbond substituents is 1. The Kier molecular flexibility index (Phi) is 5.99. The van der Waals surface area contributed by atoms with Gasteiger partial charge in [0.15, 0.2) is 0 Å². The van der Waals surface area contributed by atoms with E-state index in [-0.39, 0.29) is 24.0 Å². The zero-order valence-electron chi connectivity index (χ0n) is 22.1. The van der Waals surface area contributed by atoms with Gasteiger partial charge in [-0.05, 0) is 78.4 Å². The Balaban J connectivity index is 1.47. The van der Waals surface area contributed by atoms with Gasteiger partial charge >= 0.3 is 0 Å². The van der Waals surface area contributed by atoms with Crippen LogP contribution >= 0.6 is 11.6 Å². The van der Waals surface area contributed by atoms with Crippen molar-refractivity contribution < 1.29 is 28.7 Å². The van der Waals surface area contributed by atoms with Crippen molar-refractivity contribution in [3.05, 3.63) is 106 Å². The SMILES string of the molecule is O=C1NC(=O)C2C1CC=C1C2CC2C(=O)N(Nc3ccc(F)cc3)C(=O)C2(c2ccc(Cl)cc2)C1c1cccc(O)c1. The molecule has 0 radical (unpaired) electrons. The summed E-state index contributed by atoms with van der Waals surface area (Å²) in [6, 6.07) is 18.7. The zero-order chi connectivity index (χ0) is 29.3. The molecule has 4 amide bonds. The van der Waals surface area contributed by atoms with Crippen LogP contribution in [-0.4, -0.2) is 33.7 Å². The van der Waals surface area contributed by atoms with Gasteiger partial charge in [-0.25, -0.2) is 4.39 Å². The molecule has 6 unspecified atom stereocenters. The molecule has 42 heavy (non-hydrogen) atoms. The predicted molar refractivity (Wildman–Crippen MR) is 150 cm³/mol. The number of aromatic hydroxyl groups is 1. The molecule has 8 nitrogen and oxygen atoms in total. The number of amides is 4. The molecule has 6 atom stereocenters. The summed E-state index contributed by atoms with van der Waals surface area (Å²) in [7, 11) is 0. The van der Waals surface area contributed by atoms with Crippen LogP contribution in [0.1, 0.15) is 29.9 Å². The van der Waals surface area contributed by atoms with Crippen LogP contribution in [0.5, 0.6) is 5.75 Å². The van der Waals surface area contributed by atoms with Gasteiger partial charge in [-0.1, -0.05) is 47.5 Å². The highest BCUT2D eigenvalue weighted by atomic mass is 35.5. The lowest BCUT2D eigenvalue weighted by Crippen LogP contribution is -2.53. The average Bonchev–Trinajstić information content (AvgIpc) is 3.38. The van der Waals surface area contributed by atoms with Gasteiger partial charge in [0.1, 0.15) is 11.6 Å². The third-order valence-electron chi connectivity index (χ3n) is 9.30. The summed E-state index contributed by atoms with van der Waals surface area (Å²) < 4.78 is 13.6. The van der Waals surface area contributed by atoms with Crippen LogP contribution in [0.15, 0.2) is 84.4 Å². The van der Waals surface area contributed by atoms with Crippen LogP contribution in [0, 0.1) is 29.5 Å².